The van der Waals surface area contributed by atoms with E-state index in [1.165, 1.54) is 0 Å². The molecule has 0 unspecified atom stereocenters. The zero-order valence-electron chi connectivity index (χ0n) is 16.2. The largest absolute Gasteiger partial charge is 0.352 e. The van der Waals surface area contributed by atoms with Crippen LogP contribution >= 0.6 is 0 Å². The summed E-state index contributed by atoms with van der Waals surface area (Å²) in [5, 5.41) is 5.66. The van der Waals surface area contributed by atoms with Crippen molar-refractivity contribution in [1.82, 2.24) is 5.32 Å². The highest BCUT2D eigenvalue weighted by Crippen LogP contribution is 2.28. The average Bonchev–Trinajstić information content (AvgIpc) is 3.08. The molecule has 0 bridgehead atoms. The summed E-state index contributed by atoms with van der Waals surface area (Å²) < 4.78 is 0. The van der Waals surface area contributed by atoms with Crippen LogP contribution in [0.5, 0.6) is 0 Å². The van der Waals surface area contributed by atoms with Gasteiger partial charge in [-0.15, -0.1) is 0 Å². The van der Waals surface area contributed by atoms with Gasteiger partial charge in [-0.05, 0) is 37.1 Å². The van der Waals surface area contributed by atoms with Crippen LogP contribution in [0.4, 0.5) is 11.4 Å². The third-order valence-electron chi connectivity index (χ3n) is 4.87. The van der Waals surface area contributed by atoms with Crippen LogP contribution < -0.4 is 15.5 Å². The van der Waals surface area contributed by atoms with Crippen LogP contribution in [0.25, 0.3) is 0 Å². The number of hydrogen-bond acceptors (Lipinski definition) is 3. The van der Waals surface area contributed by atoms with Crippen molar-refractivity contribution in [3.05, 3.63) is 59.7 Å². The first kappa shape index (κ1) is 19.6. The molecule has 2 N–H and O–H groups in total. The van der Waals surface area contributed by atoms with Gasteiger partial charge in [-0.3, -0.25) is 14.4 Å². The van der Waals surface area contributed by atoms with Gasteiger partial charge in [0.25, 0.3) is 5.91 Å². The lowest BCUT2D eigenvalue weighted by Gasteiger charge is -2.19. The maximum absolute atomic E-state index is 12.8. The molecule has 3 rings (SSSR count). The monoisotopic (exact) mass is 379 g/mol. The van der Waals surface area contributed by atoms with Crippen LogP contribution in [0.2, 0.25) is 0 Å². The first-order valence-corrected chi connectivity index (χ1v) is 9.55. The molecule has 146 valence electrons. The van der Waals surface area contributed by atoms with Gasteiger partial charge in [-0.1, -0.05) is 37.3 Å². The fraction of sp³-hybridized carbons (Fsp3) is 0.318. The molecule has 0 saturated carbocycles. The number of benzene rings is 2. The number of rotatable bonds is 6. The lowest BCUT2D eigenvalue weighted by Crippen LogP contribution is -2.30. The normalized spacial score (nSPS) is 16.1. The molecule has 1 aliphatic rings. The first-order chi connectivity index (χ1) is 13.5. The van der Waals surface area contributed by atoms with E-state index < -0.39 is 5.92 Å². The standard InChI is InChI=1S/C22H25N3O3/c1-3-12-23-22(28)17-9-5-6-10-18(17)24-21(27)16-13-20(26)25(14-16)19-11-7-4-8-15(19)2/h4-11,16H,3,12-14H2,1-2H3,(H,23,28)(H,24,27)/t16-/m1/s1. The summed E-state index contributed by atoms with van der Waals surface area (Å²) >= 11 is 0. The second-order valence-corrected chi connectivity index (χ2v) is 6.98. The quantitative estimate of drug-likeness (QED) is 0.809. The lowest BCUT2D eigenvalue weighted by molar-refractivity contribution is -0.122. The van der Waals surface area contributed by atoms with Crippen LogP contribution in [0.1, 0.15) is 35.7 Å². The molecule has 6 heteroatoms. The minimum Gasteiger partial charge on any atom is -0.352 e. The Balaban J connectivity index is 1.72. The van der Waals surface area contributed by atoms with Crippen molar-refractivity contribution >= 4 is 29.1 Å². The van der Waals surface area contributed by atoms with Gasteiger partial charge in [0.1, 0.15) is 0 Å². The zero-order valence-corrected chi connectivity index (χ0v) is 16.2. The van der Waals surface area contributed by atoms with Gasteiger partial charge in [0.2, 0.25) is 11.8 Å². The highest BCUT2D eigenvalue weighted by molar-refractivity contribution is 6.07. The number of hydrogen-bond donors (Lipinski definition) is 2. The van der Waals surface area contributed by atoms with Crippen molar-refractivity contribution in [2.45, 2.75) is 26.7 Å². The Morgan fingerprint density at radius 1 is 1.11 bits per heavy atom. The third kappa shape index (κ3) is 4.22. The predicted octanol–water partition coefficient (Wildman–Crippen LogP) is 3.13. The molecular formula is C22H25N3O3. The molecule has 1 aliphatic heterocycles. The highest BCUT2D eigenvalue weighted by Gasteiger charge is 2.35. The van der Waals surface area contributed by atoms with Crippen LogP contribution in [0, 0.1) is 12.8 Å². The summed E-state index contributed by atoms with van der Waals surface area (Å²) in [6.45, 7) is 4.83. The molecule has 0 radical (unpaired) electrons. The second kappa shape index (κ2) is 8.69. The van der Waals surface area contributed by atoms with E-state index in [2.05, 4.69) is 10.6 Å². The summed E-state index contributed by atoms with van der Waals surface area (Å²) in [5.41, 5.74) is 2.71. The van der Waals surface area contributed by atoms with E-state index in [0.29, 0.717) is 24.3 Å². The molecule has 0 spiro atoms. The Morgan fingerprint density at radius 3 is 2.57 bits per heavy atom. The third-order valence-corrected chi connectivity index (χ3v) is 4.87. The fourth-order valence-electron chi connectivity index (χ4n) is 3.34. The van der Waals surface area contributed by atoms with Crippen molar-refractivity contribution in [3.8, 4) is 0 Å². The molecular weight excluding hydrogens is 354 g/mol. The van der Waals surface area contributed by atoms with Crippen molar-refractivity contribution in [3.63, 3.8) is 0 Å². The van der Waals surface area contributed by atoms with Gasteiger partial charge in [0, 0.05) is 25.2 Å². The molecule has 28 heavy (non-hydrogen) atoms. The number of amides is 3. The lowest BCUT2D eigenvalue weighted by atomic mass is 10.1. The van der Waals surface area contributed by atoms with Crippen LogP contribution in [-0.2, 0) is 9.59 Å². The summed E-state index contributed by atoms with van der Waals surface area (Å²) in [5.74, 6) is -0.996. The summed E-state index contributed by atoms with van der Waals surface area (Å²) in [6.07, 6.45) is 0.990. The Kier molecular flexibility index (Phi) is 6.09. The van der Waals surface area contributed by atoms with Crippen molar-refractivity contribution in [2.75, 3.05) is 23.3 Å². The van der Waals surface area contributed by atoms with Gasteiger partial charge in [0.15, 0.2) is 0 Å². The van der Waals surface area contributed by atoms with Gasteiger partial charge in [-0.2, -0.15) is 0 Å². The molecule has 0 aromatic heterocycles. The number of carbonyl (C=O) groups excluding carboxylic acids is 3. The van der Waals surface area contributed by atoms with Crippen molar-refractivity contribution < 1.29 is 14.4 Å². The zero-order chi connectivity index (χ0) is 20.1. The highest BCUT2D eigenvalue weighted by atomic mass is 16.2. The van der Waals surface area contributed by atoms with E-state index in [4.69, 9.17) is 0 Å². The van der Waals surface area contributed by atoms with Gasteiger partial charge in [-0.25, -0.2) is 0 Å². The molecule has 2 aromatic carbocycles. The topological polar surface area (TPSA) is 78.5 Å². The molecule has 1 heterocycles. The first-order valence-electron chi connectivity index (χ1n) is 9.55. The number of anilines is 2. The van der Waals surface area contributed by atoms with Crippen LogP contribution in [-0.4, -0.2) is 30.8 Å². The number of nitrogens with zero attached hydrogens (tertiary/aromatic N) is 1. The Labute approximate surface area is 164 Å². The van der Waals surface area contributed by atoms with Gasteiger partial charge < -0.3 is 15.5 Å². The van der Waals surface area contributed by atoms with Crippen LogP contribution in [0.15, 0.2) is 48.5 Å². The van der Waals surface area contributed by atoms with Crippen molar-refractivity contribution in [2.24, 2.45) is 5.92 Å². The van der Waals surface area contributed by atoms with E-state index in [-0.39, 0.29) is 24.1 Å². The van der Waals surface area contributed by atoms with E-state index in [9.17, 15) is 14.4 Å². The summed E-state index contributed by atoms with van der Waals surface area (Å²) in [7, 11) is 0. The average molecular weight is 379 g/mol. The SMILES string of the molecule is CCCNC(=O)c1ccccc1NC(=O)[C@@H]1CC(=O)N(c2ccccc2C)C1. The van der Waals surface area contributed by atoms with Gasteiger partial charge >= 0.3 is 0 Å². The summed E-state index contributed by atoms with van der Waals surface area (Å²) in [6, 6.07) is 14.6. The fourth-order valence-corrected chi connectivity index (χ4v) is 3.34. The molecule has 2 aromatic rings. The minimum absolute atomic E-state index is 0.0663. The van der Waals surface area contributed by atoms with Gasteiger partial charge in [0.05, 0.1) is 17.2 Å². The number of para-hydroxylation sites is 2. The molecule has 6 nitrogen and oxygen atoms in total. The number of nitrogens with one attached hydrogen (secondary N) is 2. The number of carbonyl (C=O) groups is 3. The van der Waals surface area contributed by atoms with Crippen LogP contribution in [0.3, 0.4) is 0 Å². The molecule has 3 amide bonds. The Bertz CT molecular complexity index is 894. The Hall–Kier alpha value is -3.15. The molecule has 1 fully saturated rings. The van der Waals surface area contributed by atoms with E-state index >= 15 is 0 Å². The molecule has 0 aliphatic carbocycles. The van der Waals surface area contributed by atoms with E-state index in [0.717, 1.165) is 17.7 Å². The minimum atomic E-state index is -0.459. The van der Waals surface area contributed by atoms with E-state index in [1.54, 1.807) is 29.2 Å². The second-order valence-electron chi connectivity index (χ2n) is 6.98. The molecule has 1 saturated heterocycles. The Morgan fingerprint density at radius 2 is 1.82 bits per heavy atom. The smallest absolute Gasteiger partial charge is 0.253 e. The molecule has 1 atom stereocenters. The predicted molar refractivity (Wildman–Crippen MR) is 109 cm³/mol. The maximum atomic E-state index is 12.8. The maximum Gasteiger partial charge on any atom is 0.253 e. The van der Waals surface area contributed by atoms with E-state index in [1.807, 2.05) is 38.1 Å². The number of aryl methyl sites for hydroxylation is 1. The summed E-state index contributed by atoms with van der Waals surface area (Å²) in [4.78, 5) is 39.3. The van der Waals surface area contributed by atoms with Crippen molar-refractivity contribution in [1.29, 1.82) is 0 Å².